The van der Waals surface area contributed by atoms with Crippen molar-refractivity contribution < 1.29 is 0 Å². The Kier molecular flexibility index (Phi) is 4.37. The molecule has 0 saturated carbocycles. The summed E-state index contributed by atoms with van der Waals surface area (Å²) in [4.78, 5) is 3.06. The lowest BCUT2D eigenvalue weighted by atomic mass is 10.2. The van der Waals surface area contributed by atoms with E-state index < -0.39 is 0 Å². The van der Waals surface area contributed by atoms with E-state index in [2.05, 4.69) is 26.0 Å². The maximum Gasteiger partial charge on any atom is 0.00481 e. The van der Waals surface area contributed by atoms with Crippen LogP contribution in [0.4, 0.5) is 0 Å². The summed E-state index contributed by atoms with van der Waals surface area (Å²) in [5.41, 5.74) is 0. The van der Waals surface area contributed by atoms with Gasteiger partial charge in [0.1, 0.15) is 0 Å². The smallest absolute Gasteiger partial charge is 0.00481 e. The first-order chi connectivity index (χ1) is 5.86. The molecule has 67 valence electrons. The highest BCUT2D eigenvalue weighted by Crippen LogP contribution is 2.18. The summed E-state index contributed by atoms with van der Waals surface area (Å²) >= 11 is 1.96. The molecule has 0 spiro atoms. The average Bonchev–Trinajstić information content (AvgIpc) is 2.53. The van der Waals surface area contributed by atoms with E-state index in [1.807, 2.05) is 11.3 Å². The van der Waals surface area contributed by atoms with Crippen LogP contribution in [0.5, 0.6) is 0 Å². The third-order valence-electron chi connectivity index (χ3n) is 1.99. The number of hydrogen-bond donors (Lipinski definition) is 0. The number of thiophene rings is 1. The second-order valence-corrected chi connectivity index (χ2v) is 4.29. The van der Waals surface area contributed by atoms with Crippen molar-refractivity contribution in [3.63, 3.8) is 0 Å². The number of unbranched alkanes of at least 4 members (excludes halogenated alkanes) is 2. The largest absolute Gasteiger partial charge is 0.145 e. The van der Waals surface area contributed by atoms with Gasteiger partial charge in [-0.3, -0.25) is 0 Å². The van der Waals surface area contributed by atoms with Crippen molar-refractivity contribution >= 4 is 11.3 Å². The Morgan fingerprint density at radius 3 is 2.58 bits per heavy atom. The summed E-state index contributed by atoms with van der Waals surface area (Å²) in [5, 5.41) is 0. The summed E-state index contributed by atoms with van der Waals surface area (Å²) in [6, 6.07) is 4.52. The Bertz CT molecular complexity index is 213. The molecule has 0 aliphatic carbocycles. The quantitative estimate of drug-likeness (QED) is 0.605. The first-order valence-electron chi connectivity index (χ1n) is 4.73. The first-order valence-corrected chi connectivity index (χ1v) is 5.55. The van der Waals surface area contributed by atoms with Gasteiger partial charge in [0, 0.05) is 9.75 Å². The summed E-state index contributed by atoms with van der Waals surface area (Å²) < 4.78 is 0. The highest BCUT2D eigenvalue weighted by atomic mass is 32.1. The van der Waals surface area contributed by atoms with Gasteiger partial charge in [-0.05, 0) is 31.4 Å². The lowest BCUT2D eigenvalue weighted by Gasteiger charge is -1.94. The Morgan fingerprint density at radius 2 is 2.00 bits per heavy atom. The molecule has 0 bridgehead atoms. The van der Waals surface area contributed by atoms with Gasteiger partial charge in [-0.1, -0.05) is 26.7 Å². The van der Waals surface area contributed by atoms with Crippen LogP contribution >= 0.6 is 11.3 Å². The molecule has 0 unspecified atom stereocenters. The molecule has 0 fully saturated rings. The normalized spacial score (nSPS) is 10.5. The monoisotopic (exact) mass is 181 g/mol. The first kappa shape index (κ1) is 9.79. The van der Waals surface area contributed by atoms with Crippen LogP contribution in [0.1, 0.15) is 35.9 Å². The van der Waals surface area contributed by atoms with Crippen LogP contribution in [0, 0.1) is 6.92 Å². The van der Waals surface area contributed by atoms with Crippen LogP contribution in [0.15, 0.2) is 12.1 Å². The molecule has 1 aromatic rings. The number of rotatable bonds is 5. The second-order valence-electron chi connectivity index (χ2n) is 3.03. The van der Waals surface area contributed by atoms with Gasteiger partial charge in [0.05, 0.1) is 0 Å². The molecule has 0 nitrogen and oxygen atoms in total. The zero-order valence-corrected chi connectivity index (χ0v) is 8.62. The van der Waals surface area contributed by atoms with Gasteiger partial charge >= 0.3 is 0 Å². The highest BCUT2D eigenvalue weighted by molar-refractivity contribution is 7.11. The Morgan fingerprint density at radius 1 is 1.25 bits per heavy atom. The van der Waals surface area contributed by atoms with Crippen LogP contribution < -0.4 is 0 Å². The molecule has 0 amide bonds. The SMILES string of the molecule is [CH2]CCCCc1ccc(CC)s1. The third-order valence-corrected chi connectivity index (χ3v) is 3.28. The summed E-state index contributed by atoms with van der Waals surface area (Å²) in [7, 11) is 0. The van der Waals surface area contributed by atoms with Crippen molar-refractivity contribution in [3.8, 4) is 0 Å². The van der Waals surface area contributed by atoms with Crippen molar-refractivity contribution in [2.24, 2.45) is 0 Å². The number of aryl methyl sites for hydroxylation is 2. The van der Waals surface area contributed by atoms with E-state index in [1.54, 1.807) is 4.88 Å². The average molecular weight is 181 g/mol. The van der Waals surface area contributed by atoms with Gasteiger partial charge < -0.3 is 0 Å². The minimum atomic E-state index is 1.08. The highest BCUT2D eigenvalue weighted by Gasteiger charge is 1.97. The zero-order valence-electron chi connectivity index (χ0n) is 7.81. The molecule has 0 N–H and O–H groups in total. The van der Waals surface area contributed by atoms with Gasteiger partial charge in [-0.2, -0.15) is 0 Å². The molecular formula is C11H17S. The molecule has 0 aliphatic rings. The molecule has 0 atom stereocenters. The van der Waals surface area contributed by atoms with Gasteiger partial charge in [-0.25, -0.2) is 0 Å². The molecule has 0 aliphatic heterocycles. The van der Waals surface area contributed by atoms with Crippen molar-refractivity contribution in [1.82, 2.24) is 0 Å². The van der Waals surface area contributed by atoms with E-state index in [0.717, 1.165) is 6.42 Å². The molecular weight excluding hydrogens is 164 g/mol. The molecule has 1 aromatic heterocycles. The van der Waals surface area contributed by atoms with Gasteiger partial charge in [-0.15, -0.1) is 11.3 Å². The van der Waals surface area contributed by atoms with Crippen molar-refractivity contribution in [2.45, 2.75) is 39.0 Å². The minimum absolute atomic E-state index is 1.08. The molecule has 12 heavy (non-hydrogen) atoms. The summed E-state index contributed by atoms with van der Waals surface area (Å²) in [6.45, 7) is 6.06. The van der Waals surface area contributed by atoms with E-state index in [4.69, 9.17) is 0 Å². The van der Waals surface area contributed by atoms with Crippen LogP contribution in [-0.2, 0) is 12.8 Å². The zero-order chi connectivity index (χ0) is 8.81. The maximum absolute atomic E-state index is 3.84. The Hall–Kier alpha value is -0.300. The van der Waals surface area contributed by atoms with Crippen molar-refractivity contribution in [3.05, 3.63) is 28.8 Å². The van der Waals surface area contributed by atoms with E-state index in [0.29, 0.717) is 0 Å². The Balaban J connectivity index is 2.31. The van der Waals surface area contributed by atoms with Crippen LogP contribution in [0.3, 0.4) is 0 Å². The lowest BCUT2D eigenvalue weighted by Crippen LogP contribution is -1.79. The second kappa shape index (κ2) is 5.36. The van der Waals surface area contributed by atoms with E-state index in [1.165, 1.54) is 30.6 Å². The predicted molar refractivity (Wildman–Crippen MR) is 56.6 cm³/mol. The molecule has 1 heterocycles. The van der Waals surface area contributed by atoms with Crippen molar-refractivity contribution in [1.29, 1.82) is 0 Å². The lowest BCUT2D eigenvalue weighted by molar-refractivity contribution is 0.752. The topological polar surface area (TPSA) is 0 Å². The molecule has 1 radical (unpaired) electrons. The van der Waals surface area contributed by atoms with Gasteiger partial charge in [0.15, 0.2) is 0 Å². The van der Waals surface area contributed by atoms with Crippen LogP contribution in [-0.4, -0.2) is 0 Å². The third kappa shape index (κ3) is 2.98. The fourth-order valence-electron chi connectivity index (χ4n) is 1.22. The minimum Gasteiger partial charge on any atom is -0.145 e. The summed E-state index contributed by atoms with van der Waals surface area (Å²) in [6.07, 6.45) is 6.07. The predicted octanol–water partition coefficient (Wildman–Crippen LogP) is 3.86. The van der Waals surface area contributed by atoms with E-state index in [-0.39, 0.29) is 0 Å². The maximum atomic E-state index is 3.84. The summed E-state index contributed by atoms with van der Waals surface area (Å²) in [5.74, 6) is 0. The molecule has 1 rings (SSSR count). The molecule has 1 heteroatoms. The van der Waals surface area contributed by atoms with E-state index >= 15 is 0 Å². The van der Waals surface area contributed by atoms with E-state index in [9.17, 15) is 0 Å². The number of hydrogen-bond acceptors (Lipinski definition) is 1. The fourth-order valence-corrected chi connectivity index (χ4v) is 2.22. The van der Waals surface area contributed by atoms with Crippen LogP contribution in [0.25, 0.3) is 0 Å². The molecule has 0 saturated heterocycles. The van der Waals surface area contributed by atoms with Gasteiger partial charge in [0.2, 0.25) is 0 Å². The van der Waals surface area contributed by atoms with Gasteiger partial charge in [0.25, 0.3) is 0 Å². The van der Waals surface area contributed by atoms with Crippen molar-refractivity contribution in [2.75, 3.05) is 0 Å². The molecule has 0 aromatic carbocycles. The van der Waals surface area contributed by atoms with Crippen LogP contribution in [0.2, 0.25) is 0 Å². The fraction of sp³-hybridized carbons (Fsp3) is 0.545. The standard InChI is InChI=1S/C11H17S/c1-3-5-6-7-11-9-8-10(4-2)12-11/h8-9H,1,3-7H2,2H3. The Labute approximate surface area is 79.6 Å².